The van der Waals surface area contributed by atoms with Gasteiger partial charge in [-0.25, -0.2) is 8.78 Å². The Labute approximate surface area is 99.8 Å². The van der Waals surface area contributed by atoms with Gasteiger partial charge in [-0.3, -0.25) is 4.79 Å². The Kier molecular flexibility index (Phi) is 2.80. The number of Topliss-reactive ketones (excluding diaryl/α,β-unsaturated/α-hetero) is 1. The molecule has 0 N–H and O–H groups in total. The summed E-state index contributed by atoms with van der Waals surface area (Å²) in [6.07, 6.45) is 0.981. The molecular weight excluding hydrogens is 222 g/mol. The number of carbonyl (C=O) groups is 1. The number of hydrogen-bond donors (Lipinski definition) is 0. The molecule has 0 heterocycles. The van der Waals surface area contributed by atoms with Crippen LogP contribution in [0.25, 0.3) is 0 Å². The first-order valence-electron chi connectivity index (χ1n) is 5.89. The summed E-state index contributed by atoms with van der Waals surface area (Å²) in [5.74, 6) is -0.847. The van der Waals surface area contributed by atoms with Crippen LogP contribution in [0.3, 0.4) is 0 Å². The number of ketones is 1. The van der Waals surface area contributed by atoms with Crippen molar-refractivity contribution in [2.24, 2.45) is 5.41 Å². The molecule has 1 fully saturated rings. The van der Waals surface area contributed by atoms with E-state index in [1.165, 1.54) is 19.1 Å². The molecule has 2 unspecified atom stereocenters. The van der Waals surface area contributed by atoms with E-state index in [-0.39, 0.29) is 11.7 Å². The summed E-state index contributed by atoms with van der Waals surface area (Å²) < 4.78 is 27.3. The fraction of sp³-hybridized carbons (Fsp3) is 0.500. The number of aryl methyl sites for hydroxylation is 1. The minimum Gasteiger partial charge on any atom is -0.299 e. The van der Waals surface area contributed by atoms with Crippen LogP contribution in [-0.2, 0) is 4.79 Å². The number of benzene rings is 1. The van der Waals surface area contributed by atoms with Gasteiger partial charge < -0.3 is 0 Å². The van der Waals surface area contributed by atoms with Crippen molar-refractivity contribution in [3.63, 3.8) is 0 Å². The maximum absolute atomic E-state index is 13.8. The Morgan fingerprint density at radius 3 is 2.53 bits per heavy atom. The molecule has 1 nitrogen and oxygen atoms in total. The molecule has 0 radical (unpaired) electrons. The zero-order chi connectivity index (χ0) is 12.8. The zero-order valence-electron chi connectivity index (χ0n) is 10.3. The highest BCUT2D eigenvalue weighted by Crippen LogP contribution is 2.52. The highest BCUT2D eigenvalue weighted by molar-refractivity contribution is 5.93. The third-order valence-electron chi connectivity index (χ3n) is 4.18. The Hall–Kier alpha value is -1.25. The van der Waals surface area contributed by atoms with Crippen molar-refractivity contribution in [3.05, 3.63) is 34.9 Å². The summed E-state index contributed by atoms with van der Waals surface area (Å²) >= 11 is 0. The van der Waals surface area contributed by atoms with E-state index < -0.39 is 17.0 Å². The second-order valence-corrected chi connectivity index (χ2v) is 5.07. The molecule has 0 spiro atoms. The van der Waals surface area contributed by atoms with Gasteiger partial charge in [-0.1, -0.05) is 13.8 Å². The number of halogens is 2. The van der Waals surface area contributed by atoms with E-state index in [0.717, 1.165) is 0 Å². The van der Waals surface area contributed by atoms with Crippen LogP contribution >= 0.6 is 0 Å². The molecule has 2 rings (SSSR count). The Morgan fingerprint density at radius 1 is 1.35 bits per heavy atom. The summed E-state index contributed by atoms with van der Waals surface area (Å²) in [5.41, 5.74) is 0.120. The highest BCUT2D eigenvalue weighted by Gasteiger charge is 2.51. The molecule has 1 aromatic rings. The second kappa shape index (κ2) is 3.90. The van der Waals surface area contributed by atoms with E-state index in [2.05, 4.69) is 0 Å². The summed E-state index contributed by atoms with van der Waals surface area (Å²) in [5, 5.41) is 0. The molecule has 0 aromatic heterocycles. The first-order valence-corrected chi connectivity index (χ1v) is 5.89. The molecule has 1 saturated carbocycles. The van der Waals surface area contributed by atoms with E-state index >= 15 is 0 Å². The van der Waals surface area contributed by atoms with E-state index in [9.17, 15) is 13.6 Å². The van der Waals surface area contributed by atoms with Crippen molar-refractivity contribution in [2.75, 3.05) is 0 Å². The monoisotopic (exact) mass is 238 g/mol. The molecule has 17 heavy (non-hydrogen) atoms. The van der Waals surface area contributed by atoms with Gasteiger partial charge in [0.2, 0.25) is 0 Å². The van der Waals surface area contributed by atoms with Crippen molar-refractivity contribution in [2.45, 2.75) is 39.5 Å². The Bertz CT molecular complexity index is 481. The van der Waals surface area contributed by atoms with Gasteiger partial charge in [-0.2, -0.15) is 0 Å². The van der Waals surface area contributed by atoms with Crippen molar-refractivity contribution in [1.82, 2.24) is 0 Å². The Balaban J connectivity index is 2.43. The predicted molar refractivity (Wildman–Crippen MR) is 61.9 cm³/mol. The van der Waals surface area contributed by atoms with Crippen LogP contribution in [0.2, 0.25) is 0 Å². The Morgan fingerprint density at radius 2 is 2.00 bits per heavy atom. The van der Waals surface area contributed by atoms with E-state index in [4.69, 9.17) is 0 Å². The third-order valence-corrected chi connectivity index (χ3v) is 4.18. The van der Waals surface area contributed by atoms with Crippen LogP contribution in [0.1, 0.15) is 43.7 Å². The smallest absolute Gasteiger partial charge is 0.140 e. The van der Waals surface area contributed by atoms with Crippen molar-refractivity contribution in [1.29, 1.82) is 0 Å². The summed E-state index contributed by atoms with van der Waals surface area (Å²) in [6, 6.07) is 2.46. The molecule has 0 bridgehead atoms. The lowest BCUT2D eigenvalue weighted by Gasteiger charge is -2.45. The first-order chi connectivity index (χ1) is 7.90. The zero-order valence-corrected chi connectivity index (χ0v) is 10.3. The molecule has 0 saturated heterocycles. The molecule has 3 heteroatoms. The average molecular weight is 238 g/mol. The van der Waals surface area contributed by atoms with Crippen LogP contribution in [0.5, 0.6) is 0 Å². The summed E-state index contributed by atoms with van der Waals surface area (Å²) in [4.78, 5) is 11.6. The van der Waals surface area contributed by atoms with E-state index in [0.29, 0.717) is 24.0 Å². The van der Waals surface area contributed by atoms with Gasteiger partial charge in [0.05, 0.1) is 0 Å². The first kappa shape index (κ1) is 12.2. The van der Waals surface area contributed by atoms with E-state index in [1.807, 2.05) is 13.8 Å². The van der Waals surface area contributed by atoms with Crippen molar-refractivity contribution >= 4 is 5.78 Å². The lowest BCUT2D eigenvalue weighted by atomic mass is 9.56. The molecule has 1 aromatic carbocycles. The van der Waals surface area contributed by atoms with Gasteiger partial charge in [0.1, 0.15) is 17.4 Å². The fourth-order valence-electron chi connectivity index (χ4n) is 2.53. The molecule has 1 aliphatic carbocycles. The van der Waals surface area contributed by atoms with Gasteiger partial charge in [0.25, 0.3) is 0 Å². The normalized spacial score (nSPS) is 28.1. The average Bonchev–Trinajstić information content (AvgIpc) is 2.30. The quantitative estimate of drug-likeness (QED) is 0.767. The van der Waals surface area contributed by atoms with Gasteiger partial charge in [-0.15, -0.1) is 0 Å². The number of rotatable bonds is 2. The lowest BCUT2D eigenvalue weighted by molar-refractivity contribution is -0.139. The topological polar surface area (TPSA) is 17.1 Å². The second-order valence-electron chi connectivity index (χ2n) is 5.07. The van der Waals surface area contributed by atoms with Crippen LogP contribution < -0.4 is 0 Å². The molecule has 92 valence electrons. The third kappa shape index (κ3) is 1.68. The standard InChI is InChI=1S/C14H16F2O/c1-4-14(3)10(7-13(14)17)9-6-11(15)8(2)5-12(9)16/h5-6,10H,4,7H2,1-3H3. The minimum absolute atomic E-state index is 0.144. The molecule has 0 amide bonds. The molecule has 0 aliphatic heterocycles. The maximum atomic E-state index is 13.8. The SMILES string of the molecule is CCC1(C)C(=O)CC1c1cc(F)c(C)cc1F. The number of hydrogen-bond acceptors (Lipinski definition) is 1. The lowest BCUT2D eigenvalue weighted by Crippen LogP contribution is -2.45. The van der Waals surface area contributed by atoms with E-state index in [1.54, 1.807) is 0 Å². The maximum Gasteiger partial charge on any atom is 0.140 e. The van der Waals surface area contributed by atoms with Crippen molar-refractivity contribution in [3.8, 4) is 0 Å². The molecule has 2 atom stereocenters. The van der Waals surface area contributed by atoms with Gasteiger partial charge in [0, 0.05) is 17.8 Å². The largest absolute Gasteiger partial charge is 0.299 e. The van der Waals surface area contributed by atoms with Gasteiger partial charge >= 0.3 is 0 Å². The van der Waals surface area contributed by atoms with Crippen LogP contribution in [-0.4, -0.2) is 5.78 Å². The van der Waals surface area contributed by atoms with Gasteiger partial charge in [-0.05, 0) is 36.6 Å². The molecular formula is C14H16F2O. The van der Waals surface area contributed by atoms with Crippen molar-refractivity contribution < 1.29 is 13.6 Å². The van der Waals surface area contributed by atoms with Crippen LogP contribution in [0.15, 0.2) is 12.1 Å². The van der Waals surface area contributed by atoms with Gasteiger partial charge in [0.15, 0.2) is 0 Å². The highest BCUT2D eigenvalue weighted by atomic mass is 19.1. The summed E-state index contributed by atoms with van der Waals surface area (Å²) in [6.45, 7) is 5.28. The number of carbonyl (C=O) groups excluding carboxylic acids is 1. The molecule has 1 aliphatic rings. The predicted octanol–water partition coefficient (Wildman–Crippen LogP) is 3.75. The van der Waals surface area contributed by atoms with Crippen LogP contribution in [0.4, 0.5) is 8.78 Å². The fourth-order valence-corrected chi connectivity index (χ4v) is 2.53. The summed E-state index contributed by atoms with van der Waals surface area (Å²) in [7, 11) is 0. The minimum atomic E-state index is -0.525. The van der Waals surface area contributed by atoms with Crippen LogP contribution in [0, 0.1) is 24.0 Å².